The zero-order valence-corrected chi connectivity index (χ0v) is 10.4. The molecule has 0 spiro atoms. The van der Waals surface area contributed by atoms with Gasteiger partial charge in [0.05, 0.1) is 0 Å². The van der Waals surface area contributed by atoms with Crippen molar-refractivity contribution in [3.63, 3.8) is 0 Å². The smallest absolute Gasteiger partial charge is 0.00643 e. The lowest BCUT2D eigenvalue weighted by Crippen LogP contribution is -2.36. The van der Waals surface area contributed by atoms with Crippen molar-refractivity contribution in [3.05, 3.63) is 0 Å². The minimum absolute atomic E-state index is 0.336. The molecule has 2 unspecified atom stereocenters. The van der Waals surface area contributed by atoms with E-state index in [9.17, 15) is 0 Å². The van der Waals surface area contributed by atoms with Crippen molar-refractivity contribution in [2.24, 2.45) is 5.73 Å². The summed E-state index contributed by atoms with van der Waals surface area (Å²) in [5, 5.41) is 0. The Kier molecular flexibility index (Phi) is 8.20. The molecule has 2 N–H and O–H groups in total. The largest absolute Gasteiger partial charge is 0.328 e. The monoisotopic (exact) mass is 200 g/mol. The van der Waals surface area contributed by atoms with E-state index in [0.717, 1.165) is 13.0 Å². The lowest BCUT2D eigenvalue weighted by atomic mass is 10.1. The van der Waals surface area contributed by atoms with E-state index in [2.05, 4.69) is 32.6 Å². The van der Waals surface area contributed by atoms with Crippen molar-refractivity contribution in [1.82, 2.24) is 4.90 Å². The Hall–Kier alpha value is -0.0800. The van der Waals surface area contributed by atoms with E-state index in [0.29, 0.717) is 12.1 Å². The molecule has 2 heteroatoms. The standard InChI is InChI=1S/C12H28N2/c1-5-7-9-14(12(4)6-2)10-8-11(3)13/h11-12H,5-10,13H2,1-4H3. The fourth-order valence-corrected chi connectivity index (χ4v) is 1.54. The van der Waals surface area contributed by atoms with Crippen molar-refractivity contribution in [1.29, 1.82) is 0 Å². The molecule has 0 aliphatic carbocycles. The van der Waals surface area contributed by atoms with Gasteiger partial charge in [-0.15, -0.1) is 0 Å². The van der Waals surface area contributed by atoms with Crippen LogP contribution in [-0.4, -0.2) is 30.1 Å². The van der Waals surface area contributed by atoms with Crippen molar-refractivity contribution < 1.29 is 0 Å². The first-order valence-corrected chi connectivity index (χ1v) is 6.11. The summed E-state index contributed by atoms with van der Waals surface area (Å²) in [6.45, 7) is 11.3. The molecule has 0 saturated carbocycles. The van der Waals surface area contributed by atoms with Gasteiger partial charge in [-0.3, -0.25) is 0 Å². The van der Waals surface area contributed by atoms with E-state index in [1.54, 1.807) is 0 Å². The third kappa shape index (κ3) is 6.39. The fourth-order valence-electron chi connectivity index (χ4n) is 1.54. The number of unbranched alkanes of at least 4 members (excludes halogenated alkanes) is 1. The molecule has 0 bridgehead atoms. The molecule has 0 amide bonds. The minimum atomic E-state index is 0.336. The van der Waals surface area contributed by atoms with Gasteiger partial charge in [-0.25, -0.2) is 0 Å². The van der Waals surface area contributed by atoms with Gasteiger partial charge >= 0.3 is 0 Å². The molecule has 0 radical (unpaired) electrons. The Bertz CT molecular complexity index is 123. The Balaban J connectivity index is 3.84. The first-order chi connectivity index (χ1) is 6.61. The van der Waals surface area contributed by atoms with Crippen LogP contribution in [0, 0.1) is 0 Å². The Morgan fingerprint density at radius 3 is 2.21 bits per heavy atom. The maximum atomic E-state index is 5.78. The van der Waals surface area contributed by atoms with Gasteiger partial charge in [-0.05, 0) is 46.2 Å². The van der Waals surface area contributed by atoms with Gasteiger partial charge in [0, 0.05) is 12.1 Å². The van der Waals surface area contributed by atoms with Crippen molar-refractivity contribution >= 4 is 0 Å². The molecule has 0 aliphatic rings. The summed E-state index contributed by atoms with van der Waals surface area (Å²) in [6.07, 6.45) is 4.95. The highest BCUT2D eigenvalue weighted by Gasteiger charge is 2.11. The third-order valence-corrected chi connectivity index (χ3v) is 2.88. The summed E-state index contributed by atoms with van der Waals surface area (Å²) in [6, 6.07) is 1.04. The van der Waals surface area contributed by atoms with Crippen molar-refractivity contribution in [3.8, 4) is 0 Å². The molecular formula is C12H28N2. The second kappa shape index (κ2) is 8.25. The summed E-state index contributed by atoms with van der Waals surface area (Å²) >= 11 is 0. The molecule has 0 aromatic carbocycles. The Morgan fingerprint density at radius 1 is 1.14 bits per heavy atom. The van der Waals surface area contributed by atoms with Crippen LogP contribution in [-0.2, 0) is 0 Å². The van der Waals surface area contributed by atoms with E-state index in [1.807, 2.05) is 0 Å². The highest BCUT2D eigenvalue weighted by Crippen LogP contribution is 2.07. The predicted molar refractivity (Wildman–Crippen MR) is 64.5 cm³/mol. The second-order valence-corrected chi connectivity index (χ2v) is 4.41. The van der Waals surface area contributed by atoms with Gasteiger partial charge < -0.3 is 10.6 Å². The molecule has 0 fully saturated rings. The first kappa shape index (κ1) is 13.9. The number of nitrogens with zero attached hydrogens (tertiary/aromatic N) is 1. The average Bonchev–Trinajstić information content (AvgIpc) is 2.16. The van der Waals surface area contributed by atoms with Crippen molar-refractivity contribution in [2.75, 3.05) is 13.1 Å². The normalized spacial score (nSPS) is 15.9. The van der Waals surface area contributed by atoms with E-state index in [-0.39, 0.29) is 0 Å². The molecule has 14 heavy (non-hydrogen) atoms. The lowest BCUT2D eigenvalue weighted by Gasteiger charge is -2.28. The highest BCUT2D eigenvalue weighted by atomic mass is 15.1. The predicted octanol–water partition coefficient (Wildman–Crippen LogP) is 2.62. The van der Waals surface area contributed by atoms with Gasteiger partial charge in [0.1, 0.15) is 0 Å². The molecule has 0 aromatic heterocycles. The summed E-state index contributed by atoms with van der Waals surface area (Å²) < 4.78 is 0. The summed E-state index contributed by atoms with van der Waals surface area (Å²) in [5.74, 6) is 0. The molecule has 0 aliphatic heterocycles. The van der Waals surface area contributed by atoms with E-state index >= 15 is 0 Å². The van der Waals surface area contributed by atoms with Crippen LogP contribution in [0.5, 0.6) is 0 Å². The zero-order chi connectivity index (χ0) is 11.0. The maximum Gasteiger partial charge on any atom is 0.00643 e. The number of hydrogen-bond acceptors (Lipinski definition) is 2. The van der Waals surface area contributed by atoms with Crippen LogP contribution in [0.1, 0.15) is 53.4 Å². The van der Waals surface area contributed by atoms with Crippen LogP contribution in [0.4, 0.5) is 0 Å². The van der Waals surface area contributed by atoms with E-state index in [1.165, 1.54) is 25.8 Å². The van der Waals surface area contributed by atoms with E-state index < -0.39 is 0 Å². The van der Waals surface area contributed by atoms with Gasteiger partial charge in [-0.2, -0.15) is 0 Å². The number of hydrogen-bond donors (Lipinski definition) is 1. The van der Waals surface area contributed by atoms with Crippen LogP contribution in [0.25, 0.3) is 0 Å². The fraction of sp³-hybridized carbons (Fsp3) is 1.00. The van der Waals surface area contributed by atoms with Crippen LogP contribution in [0.2, 0.25) is 0 Å². The molecule has 2 atom stereocenters. The number of nitrogens with two attached hydrogens (primary N) is 1. The van der Waals surface area contributed by atoms with Crippen molar-refractivity contribution in [2.45, 2.75) is 65.5 Å². The SMILES string of the molecule is CCCCN(CCC(C)N)C(C)CC. The Labute approximate surface area is 89.9 Å². The lowest BCUT2D eigenvalue weighted by molar-refractivity contribution is 0.195. The highest BCUT2D eigenvalue weighted by molar-refractivity contribution is 4.67. The minimum Gasteiger partial charge on any atom is -0.328 e. The van der Waals surface area contributed by atoms with Crippen LogP contribution in [0.15, 0.2) is 0 Å². The molecular weight excluding hydrogens is 172 g/mol. The molecule has 2 nitrogen and oxygen atoms in total. The van der Waals surface area contributed by atoms with Gasteiger partial charge in [-0.1, -0.05) is 20.3 Å². The quantitative estimate of drug-likeness (QED) is 0.652. The first-order valence-electron chi connectivity index (χ1n) is 6.11. The molecule has 86 valence electrons. The Morgan fingerprint density at radius 2 is 1.79 bits per heavy atom. The summed E-state index contributed by atoms with van der Waals surface area (Å²) in [7, 11) is 0. The summed E-state index contributed by atoms with van der Waals surface area (Å²) in [5.41, 5.74) is 5.78. The second-order valence-electron chi connectivity index (χ2n) is 4.41. The van der Waals surface area contributed by atoms with Gasteiger partial charge in [0.15, 0.2) is 0 Å². The zero-order valence-electron chi connectivity index (χ0n) is 10.4. The molecule has 0 heterocycles. The topological polar surface area (TPSA) is 29.3 Å². The average molecular weight is 200 g/mol. The molecule has 0 rings (SSSR count). The van der Waals surface area contributed by atoms with Gasteiger partial charge in [0.2, 0.25) is 0 Å². The van der Waals surface area contributed by atoms with Crippen LogP contribution < -0.4 is 5.73 Å². The van der Waals surface area contributed by atoms with Crippen LogP contribution >= 0.6 is 0 Å². The van der Waals surface area contributed by atoms with E-state index in [4.69, 9.17) is 5.73 Å². The van der Waals surface area contributed by atoms with Crippen LogP contribution in [0.3, 0.4) is 0 Å². The molecule has 0 aromatic rings. The van der Waals surface area contributed by atoms with Gasteiger partial charge in [0.25, 0.3) is 0 Å². The third-order valence-electron chi connectivity index (χ3n) is 2.88. The molecule has 0 saturated heterocycles. The maximum absolute atomic E-state index is 5.78. The number of rotatable bonds is 8. The summed E-state index contributed by atoms with van der Waals surface area (Å²) in [4.78, 5) is 2.58.